The van der Waals surface area contributed by atoms with E-state index in [1.807, 2.05) is 0 Å². The fourth-order valence-electron chi connectivity index (χ4n) is 2.87. The predicted octanol–water partition coefficient (Wildman–Crippen LogP) is 1.85. The number of hydrogen-bond acceptors (Lipinski definition) is 5. The van der Waals surface area contributed by atoms with Gasteiger partial charge in [0.25, 0.3) is 5.91 Å². The zero-order valence-corrected chi connectivity index (χ0v) is 15.7. The van der Waals surface area contributed by atoms with Gasteiger partial charge < -0.3 is 25.4 Å². The molecule has 1 unspecified atom stereocenters. The van der Waals surface area contributed by atoms with Gasteiger partial charge in [-0.1, -0.05) is 0 Å². The lowest BCUT2D eigenvalue weighted by Crippen LogP contribution is -2.30. The van der Waals surface area contributed by atoms with Crippen LogP contribution in [0.4, 0.5) is 5.69 Å². The second-order valence-electron chi connectivity index (χ2n) is 6.54. The largest absolute Gasteiger partial charge is 0.493 e. The first-order valence-corrected chi connectivity index (χ1v) is 8.77. The number of rotatable bonds is 8. The highest BCUT2D eigenvalue weighted by molar-refractivity contribution is 5.91. The van der Waals surface area contributed by atoms with Gasteiger partial charge in [0.1, 0.15) is 0 Å². The van der Waals surface area contributed by atoms with E-state index in [1.165, 1.54) is 7.11 Å². The van der Waals surface area contributed by atoms with Gasteiger partial charge in [-0.2, -0.15) is 0 Å². The van der Waals surface area contributed by atoms with Crippen LogP contribution in [0.5, 0.6) is 11.5 Å². The molecule has 1 aliphatic carbocycles. The number of benzene rings is 1. The minimum absolute atomic E-state index is 0. The third-order valence-corrected chi connectivity index (χ3v) is 4.34. The molecule has 1 aromatic rings. The molecule has 144 valence electrons. The fourth-order valence-corrected chi connectivity index (χ4v) is 2.87. The first-order chi connectivity index (χ1) is 12.1. The van der Waals surface area contributed by atoms with Crippen molar-refractivity contribution in [1.82, 2.24) is 10.6 Å². The molecule has 8 heteroatoms. The topological polar surface area (TPSA) is 88.7 Å². The van der Waals surface area contributed by atoms with Crippen LogP contribution in [-0.2, 0) is 9.59 Å². The molecule has 1 heterocycles. The summed E-state index contributed by atoms with van der Waals surface area (Å²) >= 11 is 0. The standard InChI is InChI=1S/C18H25N3O4.ClH/c1-24-15-7-6-14(21-17(22)10-13-3-2-8-19-13)9-16(15)25-11-18(23)20-12-4-5-12;/h6-7,9,12-13,19H,2-5,8,10-11H2,1H3,(H,20,23)(H,21,22);1H. The molecule has 26 heavy (non-hydrogen) atoms. The van der Waals surface area contributed by atoms with Crippen molar-refractivity contribution in [3.8, 4) is 11.5 Å². The summed E-state index contributed by atoms with van der Waals surface area (Å²) in [5, 5.41) is 9.05. The maximum absolute atomic E-state index is 12.1. The molecule has 0 bridgehead atoms. The first kappa shape index (κ1) is 20.3. The number of halogens is 1. The lowest BCUT2D eigenvalue weighted by molar-refractivity contribution is -0.123. The molecule has 0 radical (unpaired) electrons. The molecule has 1 saturated carbocycles. The van der Waals surface area contributed by atoms with Gasteiger partial charge in [-0.15, -0.1) is 12.4 Å². The van der Waals surface area contributed by atoms with E-state index in [4.69, 9.17) is 9.47 Å². The maximum atomic E-state index is 12.1. The summed E-state index contributed by atoms with van der Waals surface area (Å²) in [6, 6.07) is 5.71. The summed E-state index contributed by atoms with van der Waals surface area (Å²) in [5.41, 5.74) is 0.626. The van der Waals surface area contributed by atoms with E-state index in [0.29, 0.717) is 29.6 Å². The maximum Gasteiger partial charge on any atom is 0.258 e. The van der Waals surface area contributed by atoms with E-state index in [-0.39, 0.29) is 36.9 Å². The second-order valence-corrected chi connectivity index (χ2v) is 6.54. The number of methoxy groups -OCH3 is 1. The molecule has 3 rings (SSSR count). The fraction of sp³-hybridized carbons (Fsp3) is 0.556. The highest BCUT2D eigenvalue weighted by Crippen LogP contribution is 2.30. The van der Waals surface area contributed by atoms with Crippen molar-refractivity contribution in [2.45, 2.75) is 44.2 Å². The Morgan fingerprint density at radius 3 is 2.65 bits per heavy atom. The van der Waals surface area contributed by atoms with Crippen LogP contribution in [0.25, 0.3) is 0 Å². The summed E-state index contributed by atoms with van der Waals surface area (Å²) in [7, 11) is 1.54. The molecule has 1 atom stereocenters. The van der Waals surface area contributed by atoms with Gasteiger partial charge >= 0.3 is 0 Å². The number of amides is 2. The zero-order valence-electron chi connectivity index (χ0n) is 14.9. The summed E-state index contributed by atoms with van der Waals surface area (Å²) < 4.78 is 10.8. The number of hydrogen-bond donors (Lipinski definition) is 3. The summed E-state index contributed by atoms with van der Waals surface area (Å²) in [6.45, 7) is 0.900. The summed E-state index contributed by atoms with van der Waals surface area (Å²) in [6.07, 6.45) is 4.66. The minimum Gasteiger partial charge on any atom is -0.493 e. The predicted molar refractivity (Wildman–Crippen MR) is 101 cm³/mol. The van der Waals surface area contributed by atoms with Crippen LogP contribution in [0.2, 0.25) is 0 Å². The van der Waals surface area contributed by atoms with Crippen molar-refractivity contribution in [2.24, 2.45) is 0 Å². The van der Waals surface area contributed by atoms with Gasteiger partial charge in [-0.25, -0.2) is 0 Å². The van der Waals surface area contributed by atoms with Crippen LogP contribution in [0.15, 0.2) is 18.2 Å². The van der Waals surface area contributed by atoms with E-state index in [9.17, 15) is 9.59 Å². The van der Waals surface area contributed by atoms with E-state index in [2.05, 4.69) is 16.0 Å². The highest BCUT2D eigenvalue weighted by Gasteiger charge is 2.23. The Bertz CT molecular complexity index is 631. The van der Waals surface area contributed by atoms with Crippen LogP contribution in [0.3, 0.4) is 0 Å². The Balaban J connectivity index is 0.00000243. The lowest BCUT2D eigenvalue weighted by Gasteiger charge is -2.14. The first-order valence-electron chi connectivity index (χ1n) is 8.77. The van der Waals surface area contributed by atoms with Gasteiger partial charge in [0, 0.05) is 30.3 Å². The van der Waals surface area contributed by atoms with Gasteiger partial charge in [-0.05, 0) is 44.4 Å². The normalized spacial score (nSPS) is 18.6. The van der Waals surface area contributed by atoms with Crippen molar-refractivity contribution >= 4 is 29.9 Å². The van der Waals surface area contributed by atoms with Gasteiger partial charge in [0.15, 0.2) is 18.1 Å². The van der Waals surface area contributed by atoms with E-state index >= 15 is 0 Å². The molecule has 0 spiro atoms. The molecule has 2 aliphatic rings. The van der Waals surface area contributed by atoms with Crippen LogP contribution in [0, 0.1) is 0 Å². The summed E-state index contributed by atoms with van der Waals surface area (Å²) in [4.78, 5) is 23.9. The number of ether oxygens (including phenoxy) is 2. The van der Waals surface area contributed by atoms with E-state index in [1.54, 1.807) is 18.2 Å². The number of carbonyl (C=O) groups excluding carboxylic acids is 2. The molecule has 1 saturated heterocycles. The second kappa shape index (κ2) is 9.64. The number of nitrogens with one attached hydrogen (secondary N) is 3. The monoisotopic (exact) mass is 383 g/mol. The van der Waals surface area contributed by atoms with Gasteiger partial charge in [0.05, 0.1) is 7.11 Å². The van der Waals surface area contributed by atoms with Crippen molar-refractivity contribution in [3.05, 3.63) is 18.2 Å². The molecule has 2 amide bonds. The van der Waals surface area contributed by atoms with E-state index < -0.39 is 0 Å². The summed E-state index contributed by atoms with van der Waals surface area (Å²) in [5.74, 6) is 0.771. The Kier molecular flexibility index (Phi) is 7.53. The van der Waals surface area contributed by atoms with Crippen LogP contribution in [0.1, 0.15) is 32.1 Å². The Hall–Kier alpha value is -1.99. The van der Waals surface area contributed by atoms with Crippen LogP contribution in [-0.4, -0.2) is 44.2 Å². The average Bonchev–Trinajstić information content (AvgIpc) is 3.26. The average molecular weight is 384 g/mol. The lowest BCUT2D eigenvalue weighted by atomic mass is 10.1. The van der Waals surface area contributed by atoms with Crippen molar-refractivity contribution in [2.75, 3.05) is 25.6 Å². The molecule has 2 fully saturated rings. The molecular weight excluding hydrogens is 358 g/mol. The quantitative estimate of drug-likeness (QED) is 0.637. The Morgan fingerprint density at radius 1 is 1.19 bits per heavy atom. The van der Waals surface area contributed by atoms with Gasteiger partial charge in [0.2, 0.25) is 5.91 Å². The van der Waals surface area contributed by atoms with Crippen LogP contribution < -0.4 is 25.4 Å². The molecular formula is C18H26ClN3O4. The molecule has 3 N–H and O–H groups in total. The zero-order chi connectivity index (χ0) is 17.6. The number of anilines is 1. The SMILES string of the molecule is COc1ccc(NC(=O)CC2CCCN2)cc1OCC(=O)NC1CC1.Cl. The minimum atomic E-state index is -0.147. The van der Waals surface area contributed by atoms with Crippen molar-refractivity contribution in [1.29, 1.82) is 0 Å². The molecule has 1 aliphatic heterocycles. The van der Waals surface area contributed by atoms with Crippen molar-refractivity contribution < 1.29 is 19.1 Å². The molecule has 7 nitrogen and oxygen atoms in total. The van der Waals surface area contributed by atoms with Crippen molar-refractivity contribution in [3.63, 3.8) is 0 Å². The third kappa shape index (κ3) is 6.07. The smallest absolute Gasteiger partial charge is 0.258 e. The molecule has 1 aromatic carbocycles. The number of carbonyl (C=O) groups is 2. The van der Waals surface area contributed by atoms with Crippen LogP contribution >= 0.6 is 12.4 Å². The Morgan fingerprint density at radius 2 is 2.00 bits per heavy atom. The highest BCUT2D eigenvalue weighted by atomic mass is 35.5. The van der Waals surface area contributed by atoms with E-state index in [0.717, 1.165) is 32.2 Å². The Labute approximate surface area is 159 Å². The third-order valence-electron chi connectivity index (χ3n) is 4.34. The van der Waals surface area contributed by atoms with Gasteiger partial charge in [-0.3, -0.25) is 9.59 Å². The molecule has 0 aromatic heterocycles.